The van der Waals surface area contributed by atoms with Crippen LogP contribution in [0.3, 0.4) is 0 Å². The van der Waals surface area contributed by atoms with Crippen LogP contribution in [0.25, 0.3) is 27.5 Å². The van der Waals surface area contributed by atoms with Crippen molar-refractivity contribution in [1.82, 2.24) is 4.57 Å². The standard InChI is InChI=1S/C43H29BN2O2/c1-28-23-41-43-42(24-28)48-40-26-34-33-22-21-32(45(29-13-5-2-6-14-29)30-15-7-3-8-16-30)25-37(33)46(31-17-9-4-10-18-31)38(34)27-36(40)44(43)35-19-11-12-20-39(35)47-41/h2-27H,1H3. The molecule has 7 aromatic carbocycles. The molecule has 0 bridgehead atoms. The highest BCUT2D eigenvalue weighted by Gasteiger charge is 2.40. The molecule has 0 spiro atoms. The van der Waals surface area contributed by atoms with Gasteiger partial charge in [-0.3, -0.25) is 0 Å². The molecule has 4 nitrogen and oxygen atoms in total. The van der Waals surface area contributed by atoms with Crippen molar-refractivity contribution < 1.29 is 9.47 Å². The summed E-state index contributed by atoms with van der Waals surface area (Å²) in [7, 11) is 0. The number of fused-ring (bicyclic) bond motifs is 7. The molecule has 0 atom stereocenters. The van der Waals surface area contributed by atoms with E-state index in [1.165, 1.54) is 5.39 Å². The van der Waals surface area contributed by atoms with Gasteiger partial charge >= 0.3 is 0 Å². The topological polar surface area (TPSA) is 26.6 Å². The number of nitrogens with zero attached hydrogens (tertiary/aromatic N) is 2. The number of ether oxygens (including phenoxy) is 2. The van der Waals surface area contributed by atoms with Crippen LogP contribution in [-0.4, -0.2) is 11.3 Å². The number of hydrogen-bond donors (Lipinski definition) is 0. The maximum Gasteiger partial charge on any atom is 0.260 e. The third-order valence-corrected chi connectivity index (χ3v) is 9.70. The summed E-state index contributed by atoms with van der Waals surface area (Å²) < 4.78 is 15.6. The van der Waals surface area contributed by atoms with Crippen LogP contribution in [0, 0.1) is 6.92 Å². The Morgan fingerprint density at radius 2 is 1.08 bits per heavy atom. The zero-order valence-electron chi connectivity index (χ0n) is 26.3. The summed E-state index contributed by atoms with van der Waals surface area (Å²) in [5.74, 6) is 3.52. The first-order valence-electron chi connectivity index (χ1n) is 16.4. The Kier molecular flexibility index (Phi) is 5.85. The second-order valence-electron chi connectivity index (χ2n) is 12.6. The van der Waals surface area contributed by atoms with E-state index in [1.807, 2.05) is 6.07 Å². The van der Waals surface area contributed by atoms with E-state index in [4.69, 9.17) is 9.47 Å². The summed E-state index contributed by atoms with van der Waals surface area (Å²) in [6.45, 7) is 2.09. The van der Waals surface area contributed by atoms with Gasteiger partial charge in [0.25, 0.3) is 6.71 Å². The van der Waals surface area contributed by atoms with Gasteiger partial charge in [-0.1, -0.05) is 78.9 Å². The molecule has 0 radical (unpaired) electrons. The third-order valence-electron chi connectivity index (χ3n) is 9.70. The Balaban J connectivity index is 1.26. The number of benzene rings is 7. The molecule has 3 heterocycles. The second kappa shape index (κ2) is 10.4. The molecule has 48 heavy (non-hydrogen) atoms. The minimum atomic E-state index is -0.00171. The molecule has 10 rings (SSSR count). The zero-order chi connectivity index (χ0) is 31.8. The van der Waals surface area contributed by atoms with Gasteiger partial charge in [0.1, 0.15) is 23.0 Å². The molecule has 0 amide bonds. The summed E-state index contributed by atoms with van der Waals surface area (Å²) >= 11 is 0. The van der Waals surface area contributed by atoms with Gasteiger partial charge in [0.2, 0.25) is 0 Å². The normalized spacial score (nSPS) is 12.6. The molecule has 0 fully saturated rings. The number of anilines is 3. The van der Waals surface area contributed by atoms with Crippen LogP contribution in [0.15, 0.2) is 158 Å². The lowest BCUT2D eigenvalue weighted by atomic mass is 9.35. The molecule has 5 heteroatoms. The lowest BCUT2D eigenvalue weighted by Gasteiger charge is -2.33. The largest absolute Gasteiger partial charge is 0.458 e. The van der Waals surface area contributed by atoms with Gasteiger partial charge in [-0.15, -0.1) is 0 Å². The van der Waals surface area contributed by atoms with Crippen LogP contribution >= 0.6 is 0 Å². The van der Waals surface area contributed by atoms with Crippen molar-refractivity contribution >= 4 is 62.0 Å². The average molecular weight is 617 g/mol. The van der Waals surface area contributed by atoms with Gasteiger partial charge in [-0.25, -0.2) is 0 Å². The van der Waals surface area contributed by atoms with Crippen molar-refractivity contribution in [3.8, 4) is 28.7 Å². The number of rotatable bonds is 4. The van der Waals surface area contributed by atoms with Crippen LogP contribution in [0.4, 0.5) is 17.1 Å². The Hall–Kier alpha value is -6.20. The first kappa shape index (κ1) is 27.0. The van der Waals surface area contributed by atoms with Gasteiger partial charge in [-0.2, -0.15) is 0 Å². The van der Waals surface area contributed by atoms with Crippen molar-refractivity contribution in [2.45, 2.75) is 6.92 Å². The quantitative estimate of drug-likeness (QED) is 0.185. The second-order valence-corrected chi connectivity index (χ2v) is 12.6. The molecular formula is C43H29BN2O2. The monoisotopic (exact) mass is 616 g/mol. The lowest BCUT2D eigenvalue weighted by molar-refractivity contribution is 0.464. The van der Waals surface area contributed by atoms with E-state index in [0.717, 1.165) is 84.1 Å². The highest BCUT2D eigenvalue weighted by molar-refractivity contribution is 6.98. The van der Waals surface area contributed by atoms with Crippen molar-refractivity contribution in [2.24, 2.45) is 0 Å². The van der Waals surface area contributed by atoms with E-state index in [0.29, 0.717) is 0 Å². The molecule has 0 N–H and O–H groups in total. The van der Waals surface area contributed by atoms with Crippen LogP contribution in [0.5, 0.6) is 23.0 Å². The molecule has 226 valence electrons. The molecule has 2 aliphatic rings. The molecule has 2 aliphatic heterocycles. The maximum absolute atomic E-state index is 6.77. The number of para-hydroxylation sites is 4. The summed E-state index contributed by atoms with van der Waals surface area (Å²) in [6.07, 6.45) is 0. The summed E-state index contributed by atoms with van der Waals surface area (Å²) in [5.41, 5.74) is 11.2. The van der Waals surface area contributed by atoms with Crippen molar-refractivity contribution in [1.29, 1.82) is 0 Å². The first-order valence-corrected chi connectivity index (χ1v) is 16.4. The van der Waals surface area contributed by atoms with Crippen molar-refractivity contribution in [2.75, 3.05) is 4.90 Å². The highest BCUT2D eigenvalue weighted by atomic mass is 16.5. The first-order chi connectivity index (χ1) is 23.7. The Bertz CT molecular complexity index is 2490. The van der Waals surface area contributed by atoms with E-state index < -0.39 is 0 Å². The van der Waals surface area contributed by atoms with Gasteiger partial charge in [0, 0.05) is 39.0 Å². The predicted molar refractivity (Wildman–Crippen MR) is 198 cm³/mol. The minimum Gasteiger partial charge on any atom is -0.458 e. The average Bonchev–Trinajstić information content (AvgIpc) is 3.44. The molecule has 1 aromatic heterocycles. The zero-order valence-corrected chi connectivity index (χ0v) is 26.3. The Labute approximate surface area is 279 Å². The van der Waals surface area contributed by atoms with E-state index in [-0.39, 0.29) is 6.71 Å². The van der Waals surface area contributed by atoms with Crippen molar-refractivity contribution in [3.63, 3.8) is 0 Å². The van der Waals surface area contributed by atoms with Crippen LogP contribution in [-0.2, 0) is 0 Å². The van der Waals surface area contributed by atoms with Gasteiger partial charge < -0.3 is 18.9 Å². The van der Waals surface area contributed by atoms with Crippen LogP contribution in [0.1, 0.15) is 5.56 Å². The molecule has 0 aliphatic carbocycles. The minimum absolute atomic E-state index is 0.00171. The van der Waals surface area contributed by atoms with Gasteiger partial charge in [0.15, 0.2) is 0 Å². The number of aromatic nitrogens is 1. The summed E-state index contributed by atoms with van der Waals surface area (Å²) in [4.78, 5) is 2.32. The number of hydrogen-bond acceptors (Lipinski definition) is 3. The highest BCUT2D eigenvalue weighted by Crippen LogP contribution is 2.42. The van der Waals surface area contributed by atoms with Crippen LogP contribution < -0.4 is 30.8 Å². The lowest BCUT2D eigenvalue weighted by Crippen LogP contribution is -2.57. The van der Waals surface area contributed by atoms with E-state index in [9.17, 15) is 0 Å². The molecule has 0 saturated carbocycles. The SMILES string of the molecule is Cc1cc2c3c(c1)Oc1cc4c5ccc(N(c6ccccc6)c6ccccc6)cc5n(-c5ccccc5)c4cc1B3c1ccccc1O2. The van der Waals surface area contributed by atoms with Crippen LogP contribution in [0.2, 0.25) is 0 Å². The Morgan fingerprint density at radius 1 is 0.479 bits per heavy atom. The molecule has 0 saturated heterocycles. The van der Waals surface area contributed by atoms with E-state index >= 15 is 0 Å². The fourth-order valence-corrected chi connectivity index (χ4v) is 7.67. The summed E-state index contributed by atoms with van der Waals surface area (Å²) in [5, 5.41) is 2.33. The van der Waals surface area contributed by atoms with Gasteiger partial charge in [-0.05, 0) is 102 Å². The van der Waals surface area contributed by atoms with E-state index in [2.05, 4.69) is 168 Å². The molecular weight excluding hydrogens is 587 g/mol. The smallest absolute Gasteiger partial charge is 0.260 e. The van der Waals surface area contributed by atoms with E-state index in [1.54, 1.807) is 0 Å². The third kappa shape index (κ3) is 4.04. The maximum atomic E-state index is 6.77. The number of aryl methyl sites for hydroxylation is 1. The molecule has 8 aromatic rings. The summed E-state index contributed by atoms with van der Waals surface area (Å²) in [6, 6.07) is 55.9. The fraction of sp³-hybridized carbons (Fsp3) is 0.0233. The predicted octanol–water partition coefficient (Wildman–Crippen LogP) is 9.29. The Morgan fingerprint density at radius 3 is 1.79 bits per heavy atom. The fourth-order valence-electron chi connectivity index (χ4n) is 7.67. The van der Waals surface area contributed by atoms with Gasteiger partial charge in [0.05, 0.1) is 11.0 Å². The van der Waals surface area contributed by atoms with Crippen molar-refractivity contribution in [3.05, 3.63) is 163 Å². The molecule has 0 unspecified atom stereocenters.